The van der Waals surface area contributed by atoms with Crippen molar-refractivity contribution in [2.45, 2.75) is 31.2 Å². The van der Waals surface area contributed by atoms with E-state index in [1.165, 1.54) is 7.11 Å². The van der Waals surface area contributed by atoms with Gasteiger partial charge in [-0.15, -0.1) is 0 Å². The lowest BCUT2D eigenvalue weighted by Crippen LogP contribution is -2.60. The van der Waals surface area contributed by atoms with E-state index in [1.807, 2.05) is 0 Å². The summed E-state index contributed by atoms with van der Waals surface area (Å²) in [5.41, 5.74) is -0.244. The quantitative estimate of drug-likeness (QED) is 0.908. The summed E-state index contributed by atoms with van der Waals surface area (Å²) < 4.78 is 5.28. The second-order valence-corrected chi connectivity index (χ2v) is 6.23. The molecule has 5 nitrogen and oxygen atoms in total. The molecule has 0 aliphatic carbocycles. The lowest BCUT2D eigenvalue weighted by atomic mass is 9.86. The fraction of sp³-hybridized carbons (Fsp3) is 0.500. The third-order valence-electron chi connectivity index (χ3n) is 4.60. The van der Waals surface area contributed by atoms with Gasteiger partial charge in [0.2, 0.25) is 5.91 Å². The van der Waals surface area contributed by atoms with Gasteiger partial charge in [-0.05, 0) is 43.9 Å². The van der Waals surface area contributed by atoms with Crippen LogP contribution in [0, 0.1) is 0 Å². The van der Waals surface area contributed by atoms with Crippen LogP contribution in [0.5, 0.6) is 5.75 Å². The number of likely N-dealkylation sites (tertiary alicyclic amines) is 1. The standard InChI is InChI=1S/C16H19ClN2O3/c1-22-13-10-11(17)4-5-12(13)14(20)19-9-3-7-16(19)6-2-8-18-15(16)21/h4-5,10H,2-3,6-9H2,1H3,(H,18,21). The molecule has 2 heterocycles. The number of amides is 2. The highest BCUT2D eigenvalue weighted by molar-refractivity contribution is 6.30. The molecule has 1 spiro atoms. The summed E-state index contributed by atoms with van der Waals surface area (Å²) in [4.78, 5) is 27.1. The van der Waals surface area contributed by atoms with Gasteiger partial charge in [0.05, 0.1) is 12.7 Å². The third-order valence-corrected chi connectivity index (χ3v) is 4.84. The highest BCUT2D eigenvalue weighted by atomic mass is 35.5. The van der Waals surface area contributed by atoms with Gasteiger partial charge in [0.1, 0.15) is 11.3 Å². The smallest absolute Gasteiger partial charge is 0.258 e. The Balaban J connectivity index is 1.96. The number of hydrogen-bond acceptors (Lipinski definition) is 3. The number of hydrogen-bond donors (Lipinski definition) is 1. The van der Waals surface area contributed by atoms with E-state index in [0.29, 0.717) is 29.4 Å². The molecular weight excluding hydrogens is 304 g/mol. The van der Waals surface area contributed by atoms with Crippen molar-refractivity contribution in [3.63, 3.8) is 0 Å². The maximum absolute atomic E-state index is 13.0. The molecule has 1 aromatic rings. The number of ether oxygens (including phenoxy) is 1. The first-order valence-corrected chi connectivity index (χ1v) is 7.90. The molecule has 2 amide bonds. The summed E-state index contributed by atoms with van der Waals surface area (Å²) in [7, 11) is 1.51. The molecule has 1 N–H and O–H groups in total. The molecule has 0 aromatic heterocycles. The van der Waals surface area contributed by atoms with Crippen LogP contribution in [-0.2, 0) is 4.79 Å². The van der Waals surface area contributed by atoms with Crippen molar-refractivity contribution in [3.05, 3.63) is 28.8 Å². The van der Waals surface area contributed by atoms with E-state index in [9.17, 15) is 9.59 Å². The van der Waals surface area contributed by atoms with Crippen LogP contribution in [0.1, 0.15) is 36.0 Å². The Morgan fingerprint density at radius 1 is 1.36 bits per heavy atom. The summed E-state index contributed by atoms with van der Waals surface area (Å²) in [6.45, 7) is 1.28. The molecule has 0 saturated carbocycles. The monoisotopic (exact) mass is 322 g/mol. The Morgan fingerprint density at radius 3 is 2.86 bits per heavy atom. The zero-order valence-electron chi connectivity index (χ0n) is 12.5. The van der Waals surface area contributed by atoms with E-state index in [2.05, 4.69) is 5.32 Å². The van der Waals surface area contributed by atoms with E-state index in [-0.39, 0.29) is 11.8 Å². The Labute approximate surface area is 134 Å². The van der Waals surface area contributed by atoms with Crippen LogP contribution in [0.25, 0.3) is 0 Å². The second-order valence-electron chi connectivity index (χ2n) is 5.80. The van der Waals surface area contributed by atoms with Crippen molar-refractivity contribution in [2.75, 3.05) is 20.2 Å². The van der Waals surface area contributed by atoms with Gasteiger partial charge in [-0.3, -0.25) is 9.59 Å². The molecule has 0 bridgehead atoms. The Morgan fingerprint density at radius 2 is 2.14 bits per heavy atom. The zero-order valence-corrected chi connectivity index (χ0v) is 13.3. The van der Waals surface area contributed by atoms with Gasteiger partial charge in [0.15, 0.2) is 0 Å². The molecule has 1 unspecified atom stereocenters. The highest BCUT2D eigenvalue weighted by Crippen LogP contribution is 2.38. The van der Waals surface area contributed by atoms with Crippen LogP contribution in [0.3, 0.4) is 0 Å². The van der Waals surface area contributed by atoms with Gasteiger partial charge in [-0.25, -0.2) is 0 Å². The number of carbonyl (C=O) groups excluding carboxylic acids is 2. The topological polar surface area (TPSA) is 58.6 Å². The molecule has 0 radical (unpaired) electrons. The average molecular weight is 323 g/mol. The largest absolute Gasteiger partial charge is 0.496 e. The van der Waals surface area contributed by atoms with Crippen molar-refractivity contribution in [1.29, 1.82) is 0 Å². The van der Waals surface area contributed by atoms with E-state index < -0.39 is 5.54 Å². The number of benzene rings is 1. The van der Waals surface area contributed by atoms with Crippen molar-refractivity contribution >= 4 is 23.4 Å². The van der Waals surface area contributed by atoms with Crippen molar-refractivity contribution in [1.82, 2.24) is 10.2 Å². The highest BCUT2D eigenvalue weighted by Gasteiger charge is 2.50. The van der Waals surface area contributed by atoms with Gasteiger partial charge < -0.3 is 15.0 Å². The maximum Gasteiger partial charge on any atom is 0.258 e. The van der Waals surface area contributed by atoms with Crippen LogP contribution in [0.2, 0.25) is 5.02 Å². The summed E-state index contributed by atoms with van der Waals surface area (Å²) in [5, 5.41) is 3.42. The third kappa shape index (κ3) is 2.33. The Kier molecular flexibility index (Phi) is 4.00. The normalized spacial score (nSPS) is 24.5. The minimum Gasteiger partial charge on any atom is -0.496 e. The van der Waals surface area contributed by atoms with Gasteiger partial charge in [-0.1, -0.05) is 11.6 Å². The van der Waals surface area contributed by atoms with Gasteiger partial charge >= 0.3 is 0 Å². The number of rotatable bonds is 2. The van der Waals surface area contributed by atoms with E-state index in [1.54, 1.807) is 23.1 Å². The van der Waals surface area contributed by atoms with Crippen LogP contribution < -0.4 is 10.1 Å². The van der Waals surface area contributed by atoms with Crippen molar-refractivity contribution in [2.24, 2.45) is 0 Å². The van der Waals surface area contributed by atoms with Gasteiger partial charge in [0.25, 0.3) is 5.91 Å². The molecule has 2 saturated heterocycles. The lowest BCUT2D eigenvalue weighted by molar-refractivity contribution is -0.133. The molecule has 2 fully saturated rings. The minimum atomic E-state index is -0.694. The first kappa shape index (κ1) is 15.2. The Hall–Kier alpha value is -1.75. The lowest BCUT2D eigenvalue weighted by Gasteiger charge is -2.40. The molecule has 6 heteroatoms. The predicted molar refractivity (Wildman–Crippen MR) is 83.2 cm³/mol. The number of nitrogens with zero attached hydrogens (tertiary/aromatic N) is 1. The second kappa shape index (κ2) is 5.80. The van der Waals surface area contributed by atoms with Gasteiger partial charge in [0, 0.05) is 18.1 Å². The number of piperidine rings is 1. The molecule has 1 atom stereocenters. The number of nitrogens with one attached hydrogen (secondary N) is 1. The van der Waals surface area contributed by atoms with E-state index >= 15 is 0 Å². The fourth-order valence-corrected chi connectivity index (χ4v) is 3.68. The molecule has 22 heavy (non-hydrogen) atoms. The minimum absolute atomic E-state index is 0.0301. The molecular formula is C16H19ClN2O3. The van der Waals surface area contributed by atoms with E-state index in [0.717, 1.165) is 25.7 Å². The zero-order chi connectivity index (χ0) is 15.7. The number of methoxy groups -OCH3 is 1. The molecule has 118 valence electrons. The summed E-state index contributed by atoms with van der Waals surface area (Å²) in [5.74, 6) is 0.247. The van der Waals surface area contributed by atoms with Crippen LogP contribution in [0.15, 0.2) is 18.2 Å². The predicted octanol–water partition coefficient (Wildman–Crippen LogP) is 2.23. The first-order valence-electron chi connectivity index (χ1n) is 7.52. The van der Waals surface area contributed by atoms with E-state index in [4.69, 9.17) is 16.3 Å². The van der Waals surface area contributed by atoms with Crippen LogP contribution in [-0.4, -0.2) is 42.5 Å². The van der Waals surface area contributed by atoms with Crippen LogP contribution in [0.4, 0.5) is 0 Å². The Bertz CT molecular complexity index is 619. The molecule has 3 rings (SSSR count). The molecule has 1 aromatic carbocycles. The maximum atomic E-state index is 13.0. The molecule has 2 aliphatic rings. The van der Waals surface area contributed by atoms with Gasteiger partial charge in [-0.2, -0.15) is 0 Å². The number of carbonyl (C=O) groups is 2. The summed E-state index contributed by atoms with van der Waals surface area (Å²) in [6.07, 6.45) is 3.18. The summed E-state index contributed by atoms with van der Waals surface area (Å²) in [6, 6.07) is 4.95. The number of halogens is 1. The first-order chi connectivity index (χ1) is 10.6. The van der Waals surface area contributed by atoms with Crippen molar-refractivity contribution < 1.29 is 14.3 Å². The van der Waals surface area contributed by atoms with Crippen LogP contribution >= 0.6 is 11.6 Å². The average Bonchev–Trinajstić information content (AvgIpc) is 2.94. The fourth-order valence-electron chi connectivity index (χ4n) is 3.52. The molecule has 2 aliphatic heterocycles. The van der Waals surface area contributed by atoms with Crippen molar-refractivity contribution in [3.8, 4) is 5.75 Å². The SMILES string of the molecule is COc1cc(Cl)ccc1C(=O)N1CCCC12CCCNC2=O. The summed E-state index contributed by atoms with van der Waals surface area (Å²) >= 11 is 5.96.